The second-order valence-corrected chi connectivity index (χ2v) is 9.73. The number of nitrogens with zero attached hydrogens (tertiary/aromatic N) is 2. The molecule has 0 radical (unpaired) electrons. The number of aliphatic hydroxyl groups is 1. The topological polar surface area (TPSA) is 71.6 Å². The van der Waals surface area contributed by atoms with Crippen LogP contribution in [0.2, 0.25) is 0 Å². The van der Waals surface area contributed by atoms with Crippen molar-refractivity contribution in [3.63, 3.8) is 0 Å². The number of aromatic nitrogens is 1. The van der Waals surface area contributed by atoms with Gasteiger partial charge in [0, 0.05) is 48.5 Å². The highest BCUT2D eigenvalue weighted by Crippen LogP contribution is 2.46. The number of hydrogen-bond acceptors (Lipinski definition) is 3. The molecule has 2 aliphatic rings. The minimum atomic E-state index is -0.900. The number of likely N-dealkylation sites (tertiary alicyclic amines) is 1. The van der Waals surface area contributed by atoms with Gasteiger partial charge >= 0.3 is 6.03 Å². The number of benzene rings is 1. The molecule has 6 nitrogen and oxygen atoms in total. The van der Waals surface area contributed by atoms with Crippen LogP contribution in [0.5, 0.6) is 0 Å². The second-order valence-electron chi connectivity index (χ2n) is 9.73. The normalized spacial score (nSPS) is 23.6. The summed E-state index contributed by atoms with van der Waals surface area (Å²) >= 11 is 0. The molecule has 1 aliphatic heterocycles. The van der Waals surface area contributed by atoms with E-state index in [0.717, 1.165) is 56.7 Å². The molecule has 1 saturated heterocycles. The number of nitrogens with one attached hydrogen (secondary N) is 2. The first-order valence-corrected chi connectivity index (χ1v) is 11.9. The molecule has 170 valence electrons. The monoisotopic (exact) mass is 426 g/mol. The summed E-state index contributed by atoms with van der Waals surface area (Å²) < 4.78 is 0. The van der Waals surface area contributed by atoms with E-state index < -0.39 is 5.60 Å². The molecular formula is C25H38N4O2. The molecule has 3 N–H and O–H groups in total. The summed E-state index contributed by atoms with van der Waals surface area (Å²) in [6, 6.07) is 7.08. The van der Waals surface area contributed by atoms with E-state index in [1.165, 1.54) is 16.5 Å². The van der Waals surface area contributed by atoms with Gasteiger partial charge in [-0.3, -0.25) is 4.90 Å². The van der Waals surface area contributed by atoms with E-state index in [2.05, 4.69) is 40.3 Å². The predicted octanol–water partition coefficient (Wildman–Crippen LogP) is 3.94. The molecule has 1 aromatic carbocycles. The maximum atomic E-state index is 12.8. The van der Waals surface area contributed by atoms with Crippen LogP contribution in [-0.2, 0) is 12.0 Å². The van der Waals surface area contributed by atoms with Gasteiger partial charge in [-0.2, -0.15) is 0 Å². The minimum Gasteiger partial charge on any atom is -0.384 e. The molecule has 6 heteroatoms. The molecule has 1 aromatic heterocycles. The van der Waals surface area contributed by atoms with Gasteiger partial charge in [0.15, 0.2) is 0 Å². The molecule has 2 aromatic rings. The van der Waals surface area contributed by atoms with Crippen LogP contribution in [0.4, 0.5) is 4.79 Å². The van der Waals surface area contributed by atoms with E-state index in [9.17, 15) is 9.90 Å². The van der Waals surface area contributed by atoms with Gasteiger partial charge in [-0.1, -0.05) is 19.1 Å². The number of carbonyl (C=O) groups excluding carboxylic acids is 1. The molecule has 0 spiro atoms. The highest BCUT2D eigenvalue weighted by Gasteiger charge is 2.42. The van der Waals surface area contributed by atoms with Crippen molar-refractivity contribution < 1.29 is 9.90 Å². The first-order chi connectivity index (χ1) is 14.8. The lowest BCUT2D eigenvalue weighted by atomic mass is 9.72. The summed E-state index contributed by atoms with van der Waals surface area (Å²) in [7, 11) is 0. The van der Waals surface area contributed by atoms with Gasteiger partial charge in [0.05, 0.1) is 11.3 Å². The van der Waals surface area contributed by atoms with Crippen LogP contribution in [0.3, 0.4) is 0 Å². The van der Waals surface area contributed by atoms with Crippen LogP contribution >= 0.6 is 0 Å². The third-order valence-electron chi connectivity index (χ3n) is 7.20. The second kappa shape index (κ2) is 8.47. The number of piperidine rings is 1. The number of urea groups is 1. The fourth-order valence-corrected chi connectivity index (χ4v) is 5.83. The molecule has 2 heterocycles. The molecule has 0 bridgehead atoms. The lowest BCUT2D eigenvalue weighted by Crippen LogP contribution is -2.58. The largest absolute Gasteiger partial charge is 0.384 e. The first kappa shape index (κ1) is 22.2. The number of rotatable bonds is 6. The number of fused-ring (bicyclic) bond motifs is 2. The van der Waals surface area contributed by atoms with E-state index in [0.29, 0.717) is 12.0 Å². The Labute approximate surface area is 186 Å². The van der Waals surface area contributed by atoms with Gasteiger partial charge in [0.1, 0.15) is 0 Å². The molecule has 1 fully saturated rings. The van der Waals surface area contributed by atoms with Crippen molar-refractivity contribution in [1.82, 2.24) is 20.1 Å². The van der Waals surface area contributed by atoms with E-state index in [1.807, 2.05) is 32.6 Å². The van der Waals surface area contributed by atoms with E-state index >= 15 is 0 Å². The van der Waals surface area contributed by atoms with Gasteiger partial charge in [-0.25, -0.2) is 4.79 Å². The average Bonchev–Trinajstić information content (AvgIpc) is 3.10. The van der Waals surface area contributed by atoms with Crippen molar-refractivity contribution in [2.75, 3.05) is 26.2 Å². The number of hydrogen-bond donors (Lipinski definition) is 3. The molecule has 1 aliphatic carbocycles. The zero-order chi connectivity index (χ0) is 22.3. The number of aromatic amines is 1. The van der Waals surface area contributed by atoms with Gasteiger partial charge < -0.3 is 20.3 Å². The lowest BCUT2D eigenvalue weighted by Gasteiger charge is -2.47. The summed E-state index contributed by atoms with van der Waals surface area (Å²) in [6.45, 7) is 13.4. The maximum absolute atomic E-state index is 12.8. The van der Waals surface area contributed by atoms with Gasteiger partial charge in [0.2, 0.25) is 0 Å². The van der Waals surface area contributed by atoms with Crippen LogP contribution in [-0.4, -0.2) is 64.2 Å². The summed E-state index contributed by atoms with van der Waals surface area (Å²) in [6.07, 6.45) is 2.99. The van der Waals surface area contributed by atoms with Crippen molar-refractivity contribution in [2.24, 2.45) is 0 Å². The minimum absolute atomic E-state index is 0.0468. The standard InChI is InChI=1S/C25H38N4O2/c1-6-12-29-15-16(26-24(30)28(7-2)8-3)13-18-17-10-9-11-20-22(17)19(14-21(18)29)23(27-20)25(4,5)31/h9-11,16,18,21,27,31H,6-8,12-15H2,1-5H3,(H,26,30)/t16-,18+,21+/m0/s1. The Morgan fingerprint density at radius 2 is 2.03 bits per heavy atom. The highest BCUT2D eigenvalue weighted by atomic mass is 16.3. The fraction of sp³-hybridized carbons (Fsp3) is 0.640. The quantitative estimate of drug-likeness (QED) is 0.655. The predicted molar refractivity (Wildman–Crippen MR) is 125 cm³/mol. The van der Waals surface area contributed by atoms with Crippen LogP contribution in [0.15, 0.2) is 18.2 Å². The van der Waals surface area contributed by atoms with Crippen LogP contribution < -0.4 is 5.32 Å². The fourth-order valence-electron chi connectivity index (χ4n) is 5.83. The summed E-state index contributed by atoms with van der Waals surface area (Å²) in [5.41, 5.74) is 3.79. The van der Waals surface area contributed by atoms with Gasteiger partial charge in [0.25, 0.3) is 0 Å². The average molecular weight is 427 g/mol. The molecule has 2 amide bonds. The van der Waals surface area contributed by atoms with Crippen LogP contribution in [0, 0.1) is 0 Å². The summed E-state index contributed by atoms with van der Waals surface area (Å²) in [4.78, 5) is 20.7. The number of H-pyrrole nitrogens is 1. The SMILES string of the molecule is CCCN1C[C@@H](NC(=O)N(CC)CC)C[C@@H]2c3cccc4[nH]c(C(C)(C)O)c(c34)C[C@H]21. The third-order valence-corrected chi connectivity index (χ3v) is 7.20. The van der Waals surface area contributed by atoms with Gasteiger partial charge in [-0.05, 0) is 70.7 Å². The Balaban J connectivity index is 1.71. The molecule has 31 heavy (non-hydrogen) atoms. The van der Waals surface area contributed by atoms with Crippen molar-refractivity contribution in [3.05, 3.63) is 35.0 Å². The Bertz CT molecular complexity index is 941. The van der Waals surface area contributed by atoms with E-state index in [4.69, 9.17) is 0 Å². The van der Waals surface area contributed by atoms with Crippen LogP contribution in [0.1, 0.15) is 70.2 Å². The Morgan fingerprint density at radius 3 is 2.68 bits per heavy atom. The Kier molecular flexibility index (Phi) is 6.05. The van der Waals surface area contributed by atoms with Crippen molar-refractivity contribution in [2.45, 2.75) is 77.5 Å². The lowest BCUT2D eigenvalue weighted by molar-refractivity contribution is 0.0705. The molecule has 3 atom stereocenters. The Morgan fingerprint density at radius 1 is 1.29 bits per heavy atom. The molecule has 0 unspecified atom stereocenters. The molecular weight excluding hydrogens is 388 g/mol. The third kappa shape index (κ3) is 3.96. The number of amides is 2. The Hall–Kier alpha value is -2.05. The van der Waals surface area contributed by atoms with Crippen molar-refractivity contribution in [1.29, 1.82) is 0 Å². The van der Waals surface area contributed by atoms with Crippen molar-refractivity contribution in [3.8, 4) is 0 Å². The van der Waals surface area contributed by atoms with E-state index in [1.54, 1.807) is 0 Å². The summed E-state index contributed by atoms with van der Waals surface area (Å²) in [5.74, 6) is 0.379. The molecule has 0 saturated carbocycles. The highest BCUT2D eigenvalue weighted by molar-refractivity contribution is 5.90. The van der Waals surface area contributed by atoms with Gasteiger partial charge in [-0.15, -0.1) is 0 Å². The zero-order valence-electron chi connectivity index (χ0n) is 19.7. The number of carbonyl (C=O) groups is 1. The van der Waals surface area contributed by atoms with E-state index in [-0.39, 0.29) is 12.1 Å². The van der Waals surface area contributed by atoms with Crippen molar-refractivity contribution >= 4 is 16.9 Å². The summed E-state index contributed by atoms with van der Waals surface area (Å²) in [5, 5.41) is 15.4. The smallest absolute Gasteiger partial charge is 0.317 e. The zero-order valence-corrected chi connectivity index (χ0v) is 19.7. The first-order valence-electron chi connectivity index (χ1n) is 11.9. The van der Waals surface area contributed by atoms with Crippen LogP contribution in [0.25, 0.3) is 10.9 Å². The maximum Gasteiger partial charge on any atom is 0.317 e. The molecule has 4 rings (SSSR count).